The SMILES string of the molecule is O=C(CN1CCN(C(=O)c2cc3ccccc3c(=O)[nH]2)CC1)Nc1ccccc1. The van der Waals surface area contributed by atoms with Gasteiger partial charge in [0.1, 0.15) is 5.69 Å². The predicted octanol–water partition coefficient (Wildman–Crippen LogP) is 1.92. The van der Waals surface area contributed by atoms with Gasteiger partial charge in [0.05, 0.1) is 6.54 Å². The van der Waals surface area contributed by atoms with Gasteiger partial charge in [-0.15, -0.1) is 0 Å². The monoisotopic (exact) mass is 390 g/mol. The number of fused-ring (bicyclic) bond motifs is 1. The Kier molecular flexibility index (Phi) is 5.39. The largest absolute Gasteiger partial charge is 0.335 e. The van der Waals surface area contributed by atoms with Crippen LogP contribution in [0.1, 0.15) is 10.5 Å². The van der Waals surface area contributed by atoms with Crippen molar-refractivity contribution in [3.8, 4) is 0 Å². The van der Waals surface area contributed by atoms with Gasteiger partial charge in [0.15, 0.2) is 0 Å². The predicted molar refractivity (Wildman–Crippen MR) is 112 cm³/mol. The molecular formula is C22H22N4O3. The first-order valence-corrected chi connectivity index (χ1v) is 9.59. The van der Waals surface area contributed by atoms with Crippen LogP contribution in [0.25, 0.3) is 10.8 Å². The lowest BCUT2D eigenvalue weighted by atomic mass is 10.1. The minimum atomic E-state index is -0.261. The standard InChI is InChI=1S/C22H22N4O3/c27-20(23-17-7-2-1-3-8-17)15-25-10-12-26(13-11-25)22(29)19-14-16-6-4-5-9-18(16)21(28)24-19/h1-9,14H,10-13,15H2,(H,23,27)(H,24,28). The third-order valence-electron chi connectivity index (χ3n) is 5.07. The average Bonchev–Trinajstić information content (AvgIpc) is 2.74. The van der Waals surface area contributed by atoms with E-state index >= 15 is 0 Å². The van der Waals surface area contributed by atoms with E-state index in [2.05, 4.69) is 10.3 Å². The second kappa shape index (κ2) is 8.28. The number of nitrogens with zero attached hydrogens (tertiary/aromatic N) is 2. The van der Waals surface area contributed by atoms with Crippen LogP contribution in [0.5, 0.6) is 0 Å². The number of para-hydroxylation sites is 1. The molecule has 1 aliphatic rings. The number of nitrogens with one attached hydrogen (secondary N) is 2. The minimum absolute atomic E-state index is 0.0742. The van der Waals surface area contributed by atoms with Crippen LogP contribution in [-0.2, 0) is 4.79 Å². The van der Waals surface area contributed by atoms with Crippen molar-refractivity contribution in [1.29, 1.82) is 0 Å². The molecule has 0 atom stereocenters. The third-order valence-corrected chi connectivity index (χ3v) is 5.07. The number of benzene rings is 2. The van der Waals surface area contributed by atoms with Gasteiger partial charge in [0.2, 0.25) is 5.91 Å². The Morgan fingerprint density at radius 1 is 0.931 bits per heavy atom. The maximum atomic E-state index is 12.8. The molecule has 0 saturated carbocycles. The third kappa shape index (κ3) is 4.35. The van der Waals surface area contributed by atoms with Crippen molar-refractivity contribution in [3.63, 3.8) is 0 Å². The molecule has 2 N–H and O–H groups in total. The molecule has 1 aromatic heterocycles. The second-order valence-electron chi connectivity index (χ2n) is 7.08. The van der Waals surface area contributed by atoms with Gasteiger partial charge in [-0.25, -0.2) is 0 Å². The number of carbonyl (C=O) groups is 2. The molecule has 148 valence electrons. The smallest absolute Gasteiger partial charge is 0.270 e. The summed E-state index contributed by atoms with van der Waals surface area (Å²) in [5, 5.41) is 4.19. The van der Waals surface area contributed by atoms with E-state index in [4.69, 9.17) is 0 Å². The Labute approximate surface area is 167 Å². The topological polar surface area (TPSA) is 85.5 Å². The number of hydrogen-bond acceptors (Lipinski definition) is 4. The first-order valence-electron chi connectivity index (χ1n) is 9.59. The molecule has 0 bridgehead atoms. The number of H-pyrrole nitrogens is 1. The molecule has 2 amide bonds. The number of aromatic amines is 1. The minimum Gasteiger partial charge on any atom is -0.335 e. The summed E-state index contributed by atoms with van der Waals surface area (Å²) in [5.74, 6) is -0.268. The van der Waals surface area contributed by atoms with Crippen LogP contribution in [0.3, 0.4) is 0 Å². The molecule has 2 heterocycles. The highest BCUT2D eigenvalue weighted by atomic mass is 16.2. The molecule has 1 saturated heterocycles. The molecule has 3 aromatic rings. The number of piperazine rings is 1. The van der Waals surface area contributed by atoms with Crippen molar-refractivity contribution < 1.29 is 9.59 Å². The maximum absolute atomic E-state index is 12.8. The van der Waals surface area contributed by atoms with E-state index in [0.29, 0.717) is 37.3 Å². The van der Waals surface area contributed by atoms with E-state index in [1.54, 1.807) is 23.1 Å². The van der Waals surface area contributed by atoms with Gasteiger partial charge in [-0.05, 0) is 29.7 Å². The van der Waals surface area contributed by atoms with Gasteiger partial charge < -0.3 is 15.2 Å². The van der Waals surface area contributed by atoms with E-state index in [1.807, 2.05) is 47.4 Å². The summed E-state index contributed by atoms with van der Waals surface area (Å²) in [5.41, 5.74) is 0.804. The molecule has 1 aliphatic heterocycles. The number of amides is 2. The molecule has 0 spiro atoms. The number of carbonyl (C=O) groups excluding carboxylic acids is 2. The quantitative estimate of drug-likeness (QED) is 0.713. The van der Waals surface area contributed by atoms with Crippen molar-refractivity contribution in [2.45, 2.75) is 0 Å². The van der Waals surface area contributed by atoms with Crippen LogP contribution in [0.15, 0.2) is 65.5 Å². The van der Waals surface area contributed by atoms with Crippen LogP contribution in [0.2, 0.25) is 0 Å². The molecule has 0 radical (unpaired) electrons. The van der Waals surface area contributed by atoms with Crippen LogP contribution >= 0.6 is 0 Å². The van der Waals surface area contributed by atoms with Gasteiger partial charge in [0.25, 0.3) is 11.5 Å². The maximum Gasteiger partial charge on any atom is 0.270 e. The summed E-state index contributed by atoms with van der Waals surface area (Å²) in [4.78, 5) is 43.7. The van der Waals surface area contributed by atoms with Crippen molar-refractivity contribution in [2.75, 3.05) is 38.0 Å². The summed E-state index contributed by atoms with van der Waals surface area (Å²) in [6.45, 7) is 2.50. The van der Waals surface area contributed by atoms with Crippen molar-refractivity contribution >= 4 is 28.3 Å². The Balaban J connectivity index is 1.35. The molecule has 0 unspecified atom stereocenters. The van der Waals surface area contributed by atoms with Crippen molar-refractivity contribution in [3.05, 3.63) is 76.7 Å². The summed E-state index contributed by atoms with van der Waals surface area (Å²) in [6.07, 6.45) is 0. The molecule has 2 aromatic carbocycles. The normalized spacial score (nSPS) is 14.7. The van der Waals surface area contributed by atoms with Crippen LogP contribution in [0.4, 0.5) is 5.69 Å². The first kappa shape index (κ1) is 18.9. The lowest BCUT2D eigenvalue weighted by molar-refractivity contribution is -0.117. The summed E-state index contributed by atoms with van der Waals surface area (Å²) < 4.78 is 0. The van der Waals surface area contributed by atoms with E-state index in [9.17, 15) is 14.4 Å². The number of anilines is 1. The number of hydrogen-bond donors (Lipinski definition) is 2. The van der Waals surface area contributed by atoms with Crippen molar-refractivity contribution in [2.24, 2.45) is 0 Å². The fourth-order valence-electron chi connectivity index (χ4n) is 3.53. The van der Waals surface area contributed by atoms with Gasteiger partial charge >= 0.3 is 0 Å². The van der Waals surface area contributed by atoms with Gasteiger partial charge in [-0.2, -0.15) is 0 Å². The van der Waals surface area contributed by atoms with E-state index in [1.165, 1.54) is 0 Å². The molecule has 7 nitrogen and oxygen atoms in total. The zero-order chi connectivity index (χ0) is 20.2. The molecule has 29 heavy (non-hydrogen) atoms. The van der Waals surface area contributed by atoms with Gasteiger partial charge in [-0.3, -0.25) is 19.3 Å². The molecule has 0 aliphatic carbocycles. The second-order valence-corrected chi connectivity index (χ2v) is 7.08. The molecule has 7 heteroatoms. The zero-order valence-electron chi connectivity index (χ0n) is 15.9. The Bertz CT molecular complexity index is 1090. The highest BCUT2D eigenvalue weighted by Crippen LogP contribution is 2.13. The van der Waals surface area contributed by atoms with Crippen LogP contribution in [-0.4, -0.2) is 59.3 Å². The fourth-order valence-corrected chi connectivity index (χ4v) is 3.53. The van der Waals surface area contributed by atoms with E-state index in [0.717, 1.165) is 11.1 Å². The number of rotatable bonds is 4. The first-order chi connectivity index (χ1) is 14.1. The highest BCUT2D eigenvalue weighted by molar-refractivity contribution is 5.96. The lowest BCUT2D eigenvalue weighted by Gasteiger charge is -2.34. The fraction of sp³-hybridized carbons (Fsp3) is 0.227. The number of aromatic nitrogens is 1. The summed E-state index contributed by atoms with van der Waals surface area (Å²) in [7, 11) is 0. The molecule has 1 fully saturated rings. The van der Waals surface area contributed by atoms with Crippen LogP contribution in [0, 0.1) is 0 Å². The summed E-state index contributed by atoms with van der Waals surface area (Å²) >= 11 is 0. The molecular weight excluding hydrogens is 368 g/mol. The Morgan fingerprint density at radius 3 is 2.38 bits per heavy atom. The summed E-state index contributed by atoms with van der Waals surface area (Å²) in [6, 6.07) is 18.3. The van der Waals surface area contributed by atoms with Crippen LogP contribution < -0.4 is 10.9 Å². The number of pyridine rings is 1. The highest BCUT2D eigenvalue weighted by Gasteiger charge is 2.24. The lowest BCUT2D eigenvalue weighted by Crippen LogP contribution is -2.50. The Morgan fingerprint density at radius 2 is 1.62 bits per heavy atom. The average molecular weight is 390 g/mol. The van der Waals surface area contributed by atoms with Gasteiger partial charge in [-0.1, -0.05) is 36.4 Å². The van der Waals surface area contributed by atoms with E-state index in [-0.39, 0.29) is 23.9 Å². The Hall–Kier alpha value is -3.45. The van der Waals surface area contributed by atoms with Crippen molar-refractivity contribution in [1.82, 2.24) is 14.8 Å². The van der Waals surface area contributed by atoms with E-state index < -0.39 is 0 Å². The zero-order valence-corrected chi connectivity index (χ0v) is 15.9. The van der Waals surface area contributed by atoms with Gasteiger partial charge in [0, 0.05) is 37.3 Å². The molecule has 4 rings (SSSR count).